The first-order chi connectivity index (χ1) is 15.8. The predicted molar refractivity (Wildman–Crippen MR) is 133 cm³/mol. The van der Waals surface area contributed by atoms with Crippen molar-refractivity contribution in [2.75, 3.05) is 56.7 Å². The van der Waals surface area contributed by atoms with Gasteiger partial charge >= 0.3 is 6.03 Å². The third-order valence-corrected chi connectivity index (χ3v) is 7.98. The number of carbonyl (C=O) groups excluding carboxylic acids is 2. The lowest BCUT2D eigenvalue weighted by atomic mass is 9.75. The number of fused-ring (bicyclic) bond motifs is 1. The molecule has 8 heteroatoms. The summed E-state index contributed by atoms with van der Waals surface area (Å²) < 4.78 is 5.58. The van der Waals surface area contributed by atoms with Gasteiger partial charge in [-0.15, -0.1) is 11.3 Å². The number of hydrogen-bond acceptors (Lipinski definition) is 6. The number of nitrogens with zero attached hydrogens (tertiary/aromatic N) is 2. The number of thiophene rings is 1. The fraction of sp³-hybridized carbons (Fsp3) is 0.520. The van der Waals surface area contributed by atoms with Crippen LogP contribution in [-0.2, 0) is 11.2 Å². The molecule has 7 nitrogen and oxygen atoms in total. The van der Waals surface area contributed by atoms with Crippen LogP contribution in [0.25, 0.3) is 11.1 Å². The van der Waals surface area contributed by atoms with Crippen LogP contribution in [0.15, 0.2) is 24.3 Å². The predicted octanol–water partition coefficient (Wildman–Crippen LogP) is 3.84. The summed E-state index contributed by atoms with van der Waals surface area (Å²) in [5.74, 6) is 0.242. The quantitative estimate of drug-likeness (QED) is 0.713. The number of ketones is 1. The largest absolute Gasteiger partial charge is 0.378 e. The number of benzene rings is 1. The zero-order chi connectivity index (χ0) is 23.2. The first-order valence-corrected chi connectivity index (χ1v) is 12.5. The smallest absolute Gasteiger partial charge is 0.319 e. The van der Waals surface area contributed by atoms with E-state index in [0.717, 1.165) is 64.9 Å². The molecule has 0 spiro atoms. The molecule has 0 unspecified atom stereocenters. The number of nitrogens with one attached hydrogen (secondary N) is 2. The Kier molecular flexibility index (Phi) is 5.93. The van der Waals surface area contributed by atoms with Gasteiger partial charge in [-0.1, -0.05) is 26.0 Å². The maximum atomic E-state index is 13.1. The van der Waals surface area contributed by atoms with Crippen molar-refractivity contribution in [2.45, 2.75) is 32.7 Å². The molecule has 0 radical (unpaired) electrons. The van der Waals surface area contributed by atoms with E-state index in [4.69, 9.17) is 4.74 Å². The highest BCUT2D eigenvalue weighted by molar-refractivity contribution is 7.19. The molecule has 2 aromatic rings. The molecule has 1 aromatic carbocycles. The minimum Gasteiger partial charge on any atom is -0.378 e. The molecule has 5 rings (SSSR count). The third-order valence-electron chi connectivity index (χ3n) is 6.64. The average molecular weight is 469 g/mol. The number of amides is 2. The van der Waals surface area contributed by atoms with E-state index in [1.54, 1.807) is 11.3 Å². The number of urea groups is 1. The van der Waals surface area contributed by atoms with Crippen molar-refractivity contribution >= 4 is 33.8 Å². The molecule has 2 N–H and O–H groups in total. The Morgan fingerprint density at radius 2 is 1.94 bits per heavy atom. The third kappa shape index (κ3) is 4.65. The van der Waals surface area contributed by atoms with Gasteiger partial charge in [0, 0.05) is 43.9 Å². The summed E-state index contributed by atoms with van der Waals surface area (Å²) in [4.78, 5) is 31.0. The number of rotatable bonds is 4. The lowest BCUT2D eigenvalue weighted by molar-refractivity contribution is 0.0918. The van der Waals surface area contributed by atoms with Crippen molar-refractivity contribution in [2.24, 2.45) is 5.41 Å². The van der Waals surface area contributed by atoms with Crippen LogP contribution in [0.2, 0.25) is 0 Å². The van der Waals surface area contributed by atoms with Gasteiger partial charge in [0.25, 0.3) is 0 Å². The van der Waals surface area contributed by atoms with Crippen molar-refractivity contribution in [3.05, 3.63) is 34.7 Å². The standard InChI is InChI=1S/C25H32N4O3S/c1-25(2)12-19-21(23(29-7-9-32-10-8-29)33-22(19)20(30)13-25)16-5-4-6-17(11-16)26-24(31)27-18-14-28(3)15-18/h4-6,11,18H,7-10,12-15H2,1-3H3,(H2,26,27,31). The van der Waals surface area contributed by atoms with Gasteiger partial charge in [0.15, 0.2) is 5.78 Å². The Balaban J connectivity index is 1.48. The number of likely N-dealkylation sites (N-methyl/N-ethyl adjacent to an activating group) is 1. The van der Waals surface area contributed by atoms with Crippen LogP contribution in [0.1, 0.15) is 35.5 Å². The van der Waals surface area contributed by atoms with Gasteiger partial charge in [-0.2, -0.15) is 0 Å². The average Bonchev–Trinajstić information content (AvgIpc) is 3.12. The van der Waals surface area contributed by atoms with E-state index in [2.05, 4.69) is 40.3 Å². The number of anilines is 2. The fourth-order valence-electron chi connectivity index (χ4n) is 5.08. The van der Waals surface area contributed by atoms with Gasteiger partial charge in [-0.3, -0.25) is 4.79 Å². The molecule has 33 heavy (non-hydrogen) atoms. The van der Waals surface area contributed by atoms with E-state index < -0.39 is 0 Å². The molecule has 2 amide bonds. The second kappa shape index (κ2) is 8.74. The minimum atomic E-state index is -0.178. The van der Waals surface area contributed by atoms with Crippen LogP contribution in [0.5, 0.6) is 0 Å². The molecular formula is C25H32N4O3S. The van der Waals surface area contributed by atoms with Crippen molar-refractivity contribution < 1.29 is 14.3 Å². The van der Waals surface area contributed by atoms with E-state index in [0.29, 0.717) is 19.6 Å². The van der Waals surface area contributed by atoms with Crippen LogP contribution in [0, 0.1) is 5.41 Å². The van der Waals surface area contributed by atoms with Crippen molar-refractivity contribution in [3.8, 4) is 11.1 Å². The molecule has 0 saturated carbocycles. The summed E-state index contributed by atoms with van der Waals surface area (Å²) in [5.41, 5.74) is 4.03. The molecule has 176 valence electrons. The molecule has 1 aromatic heterocycles. The second-order valence-electron chi connectivity index (χ2n) is 10.2. The van der Waals surface area contributed by atoms with Gasteiger partial charge in [-0.25, -0.2) is 4.79 Å². The number of likely N-dealkylation sites (tertiary alicyclic amines) is 1. The molecule has 3 aliphatic rings. The lowest BCUT2D eigenvalue weighted by Gasteiger charge is -2.36. The van der Waals surface area contributed by atoms with Crippen LogP contribution in [0.3, 0.4) is 0 Å². The van der Waals surface area contributed by atoms with Crippen LogP contribution < -0.4 is 15.5 Å². The van der Waals surface area contributed by atoms with Crippen LogP contribution >= 0.6 is 11.3 Å². The summed E-state index contributed by atoms with van der Waals surface area (Å²) in [7, 11) is 2.04. The van der Waals surface area contributed by atoms with Crippen molar-refractivity contribution in [1.82, 2.24) is 10.2 Å². The molecule has 1 aliphatic carbocycles. The van der Waals surface area contributed by atoms with Gasteiger partial charge in [0.2, 0.25) is 0 Å². The highest BCUT2D eigenvalue weighted by Gasteiger charge is 2.37. The van der Waals surface area contributed by atoms with Crippen molar-refractivity contribution in [3.63, 3.8) is 0 Å². The number of morpholine rings is 1. The van der Waals surface area contributed by atoms with Crippen LogP contribution in [0.4, 0.5) is 15.5 Å². The zero-order valence-corrected chi connectivity index (χ0v) is 20.4. The zero-order valence-electron chi connectivity index (χ0n) is 19.6. The monoisotopic (exact) mass is 468 g/mol. The summed E-state index contributed by atoms with van der Waals surface area (Å²) in [6.07, 6.45) is 1.46. The van der Waals surface area contributed by atoms with E-state index >= 15 is 0 Å². The molecule has 0 atom stereocenters. The Bertz CT molecular complexity index is 1070. The van der Waals surface area contributed by atoms with Crippen molar-refractivity contribution in [1.29, 1.82) is 0 Å². The summed E-state index contributed by atoms with van der Waals surface area (Å²) in [6, 6.07) is 8.03. The van der Waals surface area contributed by atoms with Gasteiger partial charge < -0.3 is 25.2 Å². The first kappa shape index (κ1) is 22.4. The lowest BCUT2D eigenvalue weighted by Crippen LogP contribution is -2.58. The van der Waals surface area contributed by atoms with Gasteiger partial charge in [0.05, 0.1) is 29.1 Å². The maximum Gasteiger partial charge on any atom is 0.319 e. The Labute approximate surface area is 199 Å². The van der Waals surface area contributed by atoms with E-state index in [1.807, 2.05) is 25.2 Å². The van der Waals surface area contributed by atoms with E-state index in [9.17, 15) is 9.59 Å². The molecule has 2 fully saturated rings. The number of hydrogen-bond donors (Lipinski definition) is 2. The Hall–Kier alpha value is -2.42. The Morgan fingerprint density at radius 1 is 1.18 bits per heavy atom. The highest BCUT2D eigenvalue weighted by Crippen LogP contribution is 2.49. The number of Topliss-reactive ketones (excluding diaryl/α,β-unsaturated/α-hetero) is 1. The SMILES string of the molecule is CN1CC(NC(=O)Nc2cccc(-c3c(N4CCOCC4)sc4c3CC(C)(C)CC4=O)c2)C1. The number of carbonyl (C=O) groups is 2. The normalized spacial score (nSPS) is 20.8. The number of ether oxygens (including phenoxy) is 1. The first-order valence-electron chi connectivity index (χ1n) is 11.7. The van der Waals surface area contributed by atoms with Gasteiger partial charge in [0.1, 0.15) is 0 Å². The molecule has 0 bridgehead atoms. The van der Waals surface area contributed by atoms with E-state index in [1.165, 1.54) is 0 Å². The Morgan fingerprint density at radius 3 is 2.67 bits per heavy atom. The highest BCUT2D eigenvalue weighted by atomic mass is 32.1. The van der Waals surface area contributed by atoms with Crippen LogP contribution in [-0.4, -0.2) is 69.2 Å². The summed E-state index contributed by atoms with van der Waals surface area (Å²) >= 11 is 1.63. The van der Waals surface area contributed by atoms with Gasteiger partial charge in [-0.05, 0) is 42.1 Å². The fourth-order valence-corrected chi connectivity index (χ4v) is 6.42. The molecule has 3 heterocycles. The topological polar surface area (TPSA) is 73.9 Å². The summed E-state index contributed by atoms with van der Waals surface area (Å²) in [5, 5.41) is 7.17. The molecule has 2 saturated heterocycles. The second-order valence-corrected chi connectivity index (χ2v) is 11.2. The minimum absolute atomic E-state index is 0.0616. The van der Waals surface area contributed by atoms with E-state index in [-0.39, 0.29) is 23.3 Å². The molecular weight excluding hydrogens is 436 g/mol. The maximum absolute atomic E-state index is 13.1. The summed E-state index contributed by atoms with van der Waals surface area (Å²) in [6.45, 7) is 9.12. The molecule has 2 aliphatic heterocycles.